The van der Waals surface area contributed by atoms with E-state index in [4.69, 9.17) is 5.10 Å². The van der Waals surface area contributed by atoms with Gasteiger partial charge in [0.1, 0.15) is 5.69 Å². The molecule has 3 rings (SSSR count). The van der Waals surface area contributed by atoms with Crippen molar-refractivity contribution in [2.45, 2.75) is 53.4 Å². The molecule has 0 aliphatic carbocycles. The maximum Gasteiger partial charge on any atom is 0.181 e. The molecule has 0 radical (unpaired) electrons. The molecule has 1 aromatic carbocycles. The molecule has 0 spiro atoms. The molecule has 0 fully saturated rings. The molecule has 128 valence electrons. The van der Waals surface area contributed by atoms with Crippen LogP contribution in [-0.2, 0) is 13.5 Å². The number of fused-ring (bicyclic) bond motifs is 1. The number of carbonyl (C=O) groups is 1. The molecule has 0 saturated heterocycles. The largest absolute Gasteiger partial charge is 0.324 e. The summed E-state index contributed by atoms with van der Waals surface area (Å²) in [6, 6.07) is 4.45. The highest BCUT2D eigenvalue weighted by Gasteiger charge is 2.29. The fourth-order valence-corrected chi connectivity index (χ4v) is 4.03. The van der Waals surface area contributed by atoms with E-state index in [2.05, 4.69) is 37.8 Å². The summed E-state index contributed by atoms with van der Waals surface area (Å²) in [6.07, 6.45) is 3.46. The number of Topliss-reactive ketones (excluding diaryl/α,β-unsaturated/α-hetero) is 1. The lowest BCUT2D eigenvalue weighted by Gasteiger charge is -2.30. The molecular formula is C20H27N3O. The van der Waals surface area contributed by atoms with Crippen LogP contribution in [0.2, 0.25) is 0 Å². The first-order chi connectivity index (χ1) is 11.4. The number of hydrogen-bond donors (Lipinski definition) is 0. The Morgan fingerprint density at radius 1 is 1.21 bits per heavy atom. The highest BCUT2D eigenvalue weighted by Crippen LogP contribution is 2.38. The summed E-state index contributed by atoms with van der Waals surface area (Å²) in [7, 11) is 1.90. The van der Waals surface area contributed by atoms with Crippen molar-refractivity contribution in [2.75, 3.05) is 11.4 Å². The molecule has 1 aliphatic heterocycles. The predicted molar refractivity (Wildman–Crippen MR) is 98.4 cm³/mol. The van der Waals surface area contributed by atoms with Crippen LogP contribution in [-0.4, -0.2) is 22.1 Å². The van der Waals surface area contributed by atoms with E-state index in [1.165, 1.54) is 22.4 Å². The molecule has 1 aliphatic rings. The van der Waals surface area contributed by atoms with Gasteiger partial charge in [0.05, 0.1) is 0 Å². The van der Waals surface area contributed by atoms with Gasteiger partial charge >= 0.3 is 0 Å². The Bertz CT molecular complexity index is 765. The van der Waals surface area contributed by atoms with E-state index in [1.54, 1.807) is 4.68 Å². The van der Waals surface area contributed by atoms with Gasteiger partial charge in [-0.1, -0.05) is 24.6 Å². The fourth-order valence-electron chi connectivity index (χ4n) is 4.03. The second-order valence-corrected chi connectivity index (χ2v) is 6.95. The SMILES string of the molecule is CCCC(=O)c1c2c(nn1C)N(c1c(C)cc(C)cc1C)CCC2. The number of carbonyl (C=O) groups excluding carboxylic acids is 1. The lowest BCUT2D eigenvalue weighted by atomic mass is 9.98. The van der Waals surface area contributed by atoms with E-state index in [-0.39, 0.29) is 5.78 Å². The summed E-state index contributed by atoms with van der Waals surface area (Å²) in [6.45, 7) is 9.46. The average Bonchev–Trinajstić information content (AvgIpc) is 2.83. The molecule has 2 aromatic rings. The van der Waals surface area contributed by atoms with E-state index in [0.29, 0.717) is 6.42 Å². The van der Waals surface area contributed by atoms with Crippen LogP contribution in [0.3, 0.4) is 0 Å². The second-order valence-electron chi connectivity index (χ2n) is 6.95. The molecule has 0 atom stereocenters. The molecular weight excluding hydrogens is 298 g/mol. The van der Waals surface area contributed by atoms with E-state index >= 15 is 0 Å². The smallest absolute Gasteiger partial charge is 0.181 e. The average molecular weight is 325 g/mol. The van der Waals surface area contributed by atoms with Crippen molar-refractivity contribution in [2.24, 2.45) is 7.05 Å². The van der Waals surface area contributed by atoms with E-state index < -0.39 is 0 Å². The third kappa shape index (κ3) is 2.74. The van der Waals surface area contributed by atoms with Crippen molar-refractivity contribution in [3.05, 3.63) is 40.1 Å². The van der Waals surface area contributed by atoms with Crippen molar-refractivity contribution in [3.8, 4) is 0 Å². The van der Waals surface area contributed by atoms with Crippen LogP contribution >= 0.6 is 0 Å². The Kier molecular flexibility index (Phi) is 4.48. The van der Waals surface area contributed by atoms with Crippen molar-refractivity contribution in [3.63, 3.8) is 0 Å². The van der Waals surface area contributed by atoms with Crippen LogP contribution in [0.25, 0.3) is 0 Å². The lowest BCUT2D eigenvalue weighted by molar-refractivity contribution is 0.0971. The number of aromatic nitrogens is 2. The third-order valence-electron chi connectivity index (χ3n) is 4.83. The number of anilines is 2. The van der Waals surface area contributed by atoms with Gasteiger partial charge in [-0.2, -0.15) is 5.10 Å². The summed E-state index contributed by atoms with van der Waals surface area (Å²) in [5.41, 5.74) is 7.00. The Hall–Kier alpha value is -2.10. The van der Waals surface area contributed by atoms with Gasteiger partial charge in [-0.25, -0.2) is 0 Å². The summed E-state index contributed by atoms with van der Waals surface area (Å²) in [5.74, 6) is 1.19. The molecule has 4 heteroatoms. The van der Waals surface area contributed by atoms with Gasteiger partial charge in [-0.05, 0) is 51.2 Å². The highest BCUT2D eigenvalue weighted by atomic mass is 16.1. The van der Waals surface area contributed by atoms with Crippen molar-refractivity contribution >= 4 is 17.3 Å². The number of aryl methyl sites for hydroxylation is 4. The Labute approximate surface area is 144 Å². The topological polar surface area (TPSA) is 38.1 Å². The molecule has 4 nitrogen and oxygen atoms in total. The number of nitrogens with zero attached hydrogens (tertiary/aromatic N) is 3. The second kappa shape index (κ2) is 6.42. The Morgan fingerprint density at radius 3 is 2.50 bits per heavy atom. The monoisotopic (exact) mass is 325 g/mol. The summed E-state index contributed by atoms with van der Waals surface area (Å²) < 4.78 is 1.79. The molecule has 0 amide bonds. The molecule has 24 heavy (non-hydrogen) atoms. The zero-order valence-electron chi connectivity index (χ0n) is 15.4. The van der Waals surface area contributed by atoms with Crippen molar-refractivity contribution in [1.82, 2.24) is 9.78 Å². The number of rotatable bonds is 4. The number of benzene rings is 1. The zero-order valence-corrected chi connectivity index (χ0v) is 15.4. The van der Waals surface area contributed by atoms with Crippen LogP contribution in [0.4, 0.5) is 11.5 Å². The van der Waals surface area contributed by atoms with Gasteiger partial charge in [0.2, 0.25) is 0 Å². The maximum atomic E-state index is 12.5. The van der Waals surface area contributed by atoms with Crippen LogP contribution in [0.1, 0.15) is 58.9 Å². The molecule has 0 saturated carbocycles. The first-order valence-corrected chi connectivity index (χ1v) is 8.88. The molecule has 0 unspecified atom stereocenters. The molecule has 0 bridgehead atoms. The first-order valence-electron chi connectivity index (χ1n) is 8.88. The summed E-state index contributed by atoms with van der Waals surface area (Å²) in [4.78, 5) is 14.9. The predicted octanol–water partition coefficient (Wildman–Crippen LogP) is 4.41. The Balaban J connectivity index is 2.11. The van der Waals surface area contributed by atoms with Gasteiger partial charge in [0, 0.05) is 31.3 Å². The maximum absolute atomic E-state index is 12.5. The standard InChI is InChI=1S/C20H27N3O/c1-6-8-17(24)19-16-9-7-10-23(20(16)21-22(19)5)18-14(3)11-13(2)12-15(18)4/h11-12H,6-10H2,1-5H3. The minimum Gasteiger partial charge on any atom is -0.324 e. The van der Waals surface area contributed by atoms with Gasteiger partial charge in [-0.15, -0.1) is 0 Å². The van der Waals surface area contributed by atoms with Crippen molar-refractivity contribution < 1.29 is 4.79 Å². The van der Waals surface area contributed by atoms with Crippen LogP contribution in [0, 0.1) is 20.8 Å². The minimum absolute atomic E-state index is 0.216. The van der Waals surface area contributed by atoms with E-state index in [0.717, 1.165) is 42.9 Å². The van der Waals surface area contributed by atoms with Gasteiger partial charge in [0.25, 0.3) is 0 Å². The van der Waals surface area contributed by atoms with E-state index in [1.807, 2.05) is 14.0 Å². The van der Waals surface area contributed by atoms with Crippen LogP contribution < -0.4 is 4.90 Å². The van der Waals surface area contributed by atoms with Gasteiger partial charge in [0.15, 0.2) is 11.6 Å². The summed E-state index contributed by atoms with van der Waals surface area (Å²) in [5, 5.41) is 4.74. The zero-order chi connectivity index (χ0) is 17.4. The molecule has 0 N–H and O–H groups in total. The summed E-state index contributed by atoms with van der Waals surface area (Å²) >= 11 is 0. The van der Waals surface area contributed by atoms with Crippen LogP contribution in [0.5, 0.6) is 0 Å². The van der Waals surface area contributed by atoms with Gasteiger partial charge < -0.3 is 4.90 Å². The van der Waals surface area contributed by atoms with Crippen LogP contribution in [0.15, 0.2) is 12.1 Å². The quantitative estimate of drug-likeness (QED) is 0.781. The first kappa shape index (κ1) is 16.7. The molecule has 2 heterocycles. The Morgan fingerprint density at radius 2 is 1.88 bits per heavy atom. The highest BCUT2D eigenvalue weighted by molar-refractivity contribution is 5.97. The normalized spacial score (nSPS) is 14.0. The lowest BCUT2D eigenvalue weighted by Crippen LogP contribution is -2.26. The fraction of sp³-hybridized carbons (Fsp3) is 0.500. The minimum atomic E-state index is 0.216. The number of ketones is 1. The van der Waals surface area contributed by atoms with Gasteiger partial charge in [-0.3, -0.25) is 9.48 Å². The number of hydrogen-bond acceptors (Lipinski definition) is 3. The van der Waals surface area contributed by atoms with Crippen molar-refractivity contribution in [1.29, 1.82) is 0 Å². The third-order valence-corrected chi connectivity index (χ3v) is 4.83. The van der Waals surface area contributed by atoms with E-state index in [9.17, 15) is 4.79 Å². The molecule has 1 aromatic heterocycles.